The van der Waals surface area contributed by atoms with E-state index in [-0.39, 0.29) is 28.5 Å². The number of rotatable bonds is 4. The van der Waals surface area contributed by atoms with Crippen LogP contribution in [0.1, 0.15) is 31.2 Å². The third-order valence-electron chi connectivity index (χ3n) is 3.89. The molecule has 1 aliphatic carbocycles. The Hall–Kier alpha value is -1.27. The SMILES string of the molecule is NCC1(CC(=O)Nc2cc(Cl)cc(C(F)(F)F)c2)CCC1. The maximum atomic E-state index is 12.7. The number of halogens is 4. The second-order valence-electron chi connectivity index (χ2n) is 5.51. The highest BCUT2D eigenvalue weighted by Crippen LogP contribution is 2.43. The lowest BCUT2D eigenvalue weighted by Crippen LogP contribution is -2.40. The normalized spacial score (nSPS) is 17.2. The number of nitrogens with one attached hydrogen (secondary N) is 1. The van der Waals surface area contributed by atoms with Crippen molar-refractivity contribution in [2.24, 2.45) is 11.1 Å². The summed E-state index contributed by atoms with van der Waals surface area (Å²) >= 11 is 5.67. The minimum atomic E-state index is -4.50. The summed E-state index contributed by atoms with van der Waals surface area (Å²) in [5, 5.41) is 2.40. The van der Waals surface area contributed by atoms with Crippen molar-refractivity contribution in [3.05, 3.63) is 28.8 Å². The predicted molar refractivity (Wildman–Crippen MR) is 75.0 cm³/mol. The van der Waals surface area contributed by atoms with Crippen LogP contribution in [0.15, 0.2) is 18.2 Å². The molecule has 0 bridgehead atoms. The number of hydrogen-bond acceptors (Lipinski definition) is 2. The van der Waals surface area contributed by atoms with E-state index in [9.17, 15) is 18.0 Å². The molecule has 0 saturated heterocycles. The molecule has 1 aromatic carbocycles. The molecule has 3 nitrogen and oxygen atoms in total. The highest BCUT2D eigenvalue weighted by atomic mass is 35.5. The largest absolute Gasteiger partial charge is 0.416 e. The zero-order valence-electron chi connectivity index (χ0n) is 11.3. The van der Waals surface area contributed by atoms with Gasteiger partial charge in [0, 0.05) is 17.1 Å². The molecule has 1 aliphatic rings. The van der Waals surface area contributed by atoms with Gasteiger partial charge in [-0.25, -0.2) is 0 Å². The van der Waals surface area contributed by atoms with Crippen LogP contribution in [0.2, 0.25) is 5.02 Å². The van der Waals surface area contributed by atoms with Crippen LogP contribution in [0, 0.1) is 5.41 Å². The maximum absolute atomic E-state index is 12.7. The van der Waals surface area contributed by atoms with E-state index in [4.69, 9.17) is 17.3 Å². The fourth-order valence-electron chi connectivity index (χ4n) is 2.50. The predicted octanol–water partition coefficient (Wildman–Crippen LogP) is 3.82. The van der Waals surface area contributed by atoms with Gasteiger partial charge in [-0.1, -0.05) is 18.0 Å². The van der Waals surface area contributed by atoms with E-state index < -0.39 is 11.7 Å². The summed E-state index contributed by atoms with van der Waals surface area (Å²) in [4.78, 5) is 12.0. The third-order valence-corrected chi connectivity index (χ3v) is 4.11. The number of amides is 1. The Morgan fingerprint density at radius 3 is 2.48 bits per heavy atom. The van der Waals surface area contributed by atoms with Gasteiger partial charge >= 0.3 is 6.18 Å². The Balaban J connectivity index is 2.09. The second-order valence-corrected chi connectivity index (χ2v) is 5.95. The highest BCUT2D eigenvalue weighted by Gasteiger charge is 2.37. The van der Waals surface area contributed by atoms with Crippen molar-refractivity contribution in [2.75, 3.05) is 11.9 Å². The summed E-state index contributed by atoms with van der Waals surface area (Å²) in [6.07, 6.45) is -1.51. The minimum Gasteiger partial charge on any atom is -0.330 e. The lowest BCUT2D eigenvalue weighted by Gasteiger charge is -2.40. The van der Waals surface area contributed by atoms with Gasteiger partial charge in [-0.2, -0.15) is 13.2 Å². The van der Waals surface area contributed by atoms with Crippen LogP contribution < -0.4 is 11.1 Å². The average Bonchev–Trinajstić information content (AvgIpc) is 2.32. The molecule has 0 aliphatic heterocycles. The van der Waals surface area contributed by atoms with Gasteiger partial charge in [-0.15, -0.1) is 0 Å². The molecule has 1 saturated carbocycles. The van der Waals surface area contributed by atoms with Crippen LogP contribution >= 0.6 is 11.6 Å². The summed E-state index contributed by atoms with van der Waals surface area (Å²) in [5.41, 5.74) is 4.63. The highest BCUT2D eigenvalue weighted by molar-refractivity contribution is 6.31. The lowest BCUT2D eigenvalue weighted by molar-refractivity contribution is -0.137. The number of nitrogens with two attached hydrogens (primary N) is 1. The first-order chi connectivity index (χ1) is 9.74. The van der Waals surface area contributed by atoms with Gasteiger partial charge in [0.1, 0.15) is 0 Å². The summed E-state index contributed by atoms with van der Waals surface area (Å²) in [6, 6.07) is 2.99. The van der Waals surface area contributed by atoms with Gasteiger partial charge in [0.25, 0.3) is 0 Å². The summed E-state index contributed by atoms with van der Waals surface area (Å²) in [7, 11) is 0. The zero-order valence-corrected chi connectivity index (χ0v) is 12.0. The number of alkyl halides is 3. The summed E-state index contributed by atoms with van der Waals surface area (Å²) in [5.74, 6) is -0.337. The number of anilines is 1. The van der Waals surface area contributed by atoms with Gasteiger partial charge in [0.15, 0.2) is 0 Å². The van der Waals surface area contributed by atoms with Crippen molar-refractivity contribution in [2.45, 2.75) is 31.9 Å². The molecular formula is C14H16ClF3N2O. The van der Waals surface area contributed by atoms with Gasteiger partial charge in [0.2, 0.25) is 5.91 Å². The molecule has 116 valence electrons. The van der Waals surface area contributed by atoms with E-state index in [0.717, 1.165) is 31.4 Å². The fraction of sp³-hybridized carbons (Fsp3) is 0.500. The van der Waals surface area contributed by atoms with Crippen LogP contribution in [0.4, 0.5) is 18.9 Å². The van der Waals surface area contributed by atoms with E-state index in [2.05, 4.69) is 5.32 Å². The first-order valence-electron chi connectivity index (χ1n) is 6.62. The molecular weight excluding hydrogens is 305 g/mol. The van der Waals surface area contributed by atoms with E-state index in [1.54, 1.807) is 0 Å². The van der Waals surface area contributed by atoms with Crippen molar-refractivity contribution in [3.63, 3.8) is 0 Å². The summed E-state index contributed by atoms with van der Waals surface area (Å²) < 4.78 is 38.1. The Morgan fingerprint density at radius 2 is 2.00 bits per heavy atom. The molecule has 1 amide bonds. The second kappa shape index (κ2) is 5.85. The Kier molecular flexibility index (Phi) is 4.49. The molecule has 1 aromatic rings. The molecule has 2 rings (SSSR count). The smallest absolute Gasteiger partial charge is 0.330 e. The van der Waals surface area contributed by atoms with E-state index in [1.165, 1.54) is 6.07 Å². The van der Waals surface area contributed by atoms with Crippen molar-refractivity contribution >= 4 is 23.2 Å². The number of carbonyl (C=O) groups is 1. The van der Waals surface area contributed by atoms with Gasteiger partial charge in [0.05, 0.1) is 5.56 Å². The van der Waals surface area contributed by atoms with Crippen molar-refractivity contribution < 1.29 is 18.0 Å². The molecule has 0 aromatic heterocycles. The standard InChI is InChI=1S/C14H16ClF3N2O/c15-10-4-9(14(16,17)18)5-11(6-10)20-12(21)7-13(8-19)2-1-3-13/h4-6H,1-3,7-8,19H2,(H,20,21). The van der Waals surface area contributed by atoms with Gasteiger partial charge in [-0.3, -0.25) is 4.79 Å². The molecule has 1 fully saturated rings. The number of carbonyl (C=O) groups excluding carboxylic acids is 1. The lowest BCUT2D eigenvalue weighted by atomic mass is 9.66. The number of benzene rings is 1. The van der Waals surface area contributed by atoms with Crippen molar-refractivity contribution in [1.82, 2.24) is 0 Å². The Labute approximate surface area is 125 Å². The molecule has 21 heavy (non-hydrogen) atoms. The maximum Gasteiger partial charge on any atom is 0.416 e. The van der Waals surface area contributed by atoms with Gasteiger partial charge < -0.3 is 11.1 Å². The molecule has 3 N–H and O–H groups in total. The fourth-order valence-corrected chi connectivity index (χ4v) is 2.74. The Bertz CT molecular complexity index is 536. The molecule has 0 unspecified atom stereocenters. The first-order valence-corrected chi connectivity index (χ1v) is 7.00. The van der Waals surface area contributed by atoms with Crippen LogP contribution in [0.25, 0.3) is 0 Å². The van der Waals surface area contributed by atoms with Gasteiger partial charge in [-0.05, 0) is 43.0 Å². The molecule has 0 radical (unpaired) electrons. The van der Waals surface area contributed by atoms with E-state index in [1.807, 2.05) is 0 Å². The molecule has 0 spiro atoms. The monoisotopic (exact) mass is 320 g/mol. The third kappa shape index (κ3) is 3.89. The minimum absolute atomic E-state index is 0.0475. The topological polar surface area (TPSA) is 55.1 Å². The molecule has 7 heteroatoms. The van der Waals surface area contributed by atoms with Crippen molar-refractivity contribution in [3.8, 4) is 0 Å². The molecule has 0 heterocycles. The van der Waals surface area contributed by atoms with Crippen LogP contribution in [-0.4, -0.2) is 12.5 Å². The van der Waals surface area contributed by atoms with Crippen molar-refractivity contribution in [1.29, 1.82) is 0 Å². The number of hydrogen-bond donors (Lipinski definition) is 2. The zero-order chi connectivity index (χ0) is 15.7. The van der Waals surface area contributed by atoms with E-state index in [0.29, 0.717) is 6.54 Å². The van der Waals surface area contributed by atoms with E-state index >= 15 is 0 Å². The quantitative estimate of drug-likeness (QED) is 0.886. The molecule has 0 atom stereocenters. The average molecular weight is 321 g/mol. The van der Waals surface area contributed by atoms with Crippen LogP contribution in [0.3, 0.4) is 0 Å². The van der Waals surface area contributed by atoms with Crippen LogP contribution in [-0.2, 0) is 11.0 Å². The first kappa shape index (κ1) is 16.1. The Morgan fingerprint density at radius 1 is 1.33 bits per heavy atom. The summed E-state index contributed by atoms with van der Waals surface area (Å²) in [6.45, 7) is 0.407. The van der Waals surface area contributed by atoms with Crippen LogP contribution in [0.5, 0.6) is 0 Å².